The highest BCUT2D eigenvalue weighted by molar-refractivity contribution is 5.94. The van der Waals surface area contributed by atoms with Crippen molar-refractivity contribution in [2.24, 2.45) is 0 Å². The van der Waals surface area contributed by atoms with Crippen molar-refractivity contribution in [2.45, 2.75) is 50.7 Å². The van der Waals surface area contributed by atoms with E-state index in [1.54, 1.807) is 0 Å². The van der Waals surface area contributed by atoms with Crippen molar-refractivity contribution >= 4 is 5.91 Å². The Hall–Kier alpha value is -1.39. The van der Waals surface area contributed by atoms with Gasteiger partial charge in [0, 0.05) is 24.7 Å². The molecule has 1 amide bonds. The van der Waals surface area contributed by atoms with Crippen LogP contribution in [0, 0.1) is 6.92 Å². The summed E-state index contributed by atoms with van der Waals surface area (Å²) in [5.41, 5.74) is 2.02. The monoisotopic (exact) mass is 328 g/mol. The van der Waals surface area contributed by atoms with E-state index in [4.69, 9.17) is 4.74 Å². The third-order valence-corrected chi connectivity index (χ3v) is 6.11. The molecule has 3 fully saturated rings. The number of hydrogen-bond acceptors (Lipinski definition) is 3. The molecule has 1 aromatic carbocycles. The number of nitrogens with zero attached hydrogens (tertiary/aromatic N) is 2. The first-order valence-corrected chi connectivity index (χ1v) is 9.39. The molecule has 130 valence electrons. The molecule has 3 heterocycles. The number of benzene rings is 1. The summed E-state index contributed by atoms with van der Waals surface area (Å²) >= 11 is 0. The molecule has 4 rings (SSSR count). The average Bonchev–Trinajstić information content (AvgIpc) is 3.26. The van der Waals surface area contributed by atoms with Gasteiger partial charge in [0.1, 0.15) is 0 Å². The van der Waals surface area contributed by atoms with Crippen LogP contribution in [0.1, 0.15) is 48.0 Å². The summed E-state index contributed by atoms with van der Waals surface area (Å²) in [4.78, 5) is 17.3. The molecule has 24 heavy (non-hydrogen) atoms. The van der Waals surface area contributed by atoms with Gasteiger partial charge >= 0.3 is 0 Å². The molecule has 3 aliphatic rings. The van der Waals surface area contributed by atoms with Crippen LogP contribution < -0.4 is 0 Å². The molecular weight excluding hydrogens is 300 g/mol. The summed E-state index contributed by atoms with van der Waals surface area (Å²) in [6, 6.07) is 8.51. The number of carbonyl (C=O) groups is 1. The summed E-state index contributed by atoms with van der Waals surface area (Å²) in [5.74, 6) is 0.166. The summed E-state index contributed by atoms with van der Waals surface area (Å²) < 4.78 is 6.28. The SMILES string of the molecule is Cc1ccc(C(=O)N2CCC3(CC2)CC(N2CCCC2)CO3)cc1. The summed E-state index contributed by atoms with van der Waals surface area (Å²) in [7, 11) is 0. The smallest absolute Gasteiger partial charge is 0.253 e. The fourth-order valence-corrected chi connectivity index (χ4v) is 4.51. The number of rotatable bonds is 2. The van der Waals surface area contributed by atoms with Crippen molar-refractivity contribution in [1.29, 1.82) is 0 Å². The standard InChI is InChI=1S/C20H28N2O2/c1-16-4-6-17(7-5-16)19(23)22-12-8-20(9-13-22)14-18(15-24-20)21-10-2-3-11-21/h4-7,18H,2-3,8-15H2,1H3. The van der Waals surface area contributed by atoms with Crippen LogP contribution in [0.4, 0.5) is 0 Å². The molecule has 1 atom stereocenters. The third kappa shape index (κ3) is 3.09. The lowest BCUT2D eigenvalue weighted by Crippen LogP contribution is -2.47. The van der Waals surface area contributed by atoms with Crippen molar-refractivity contribution in [2.75, 3.05) is 32.8 Å². The van der Waals surface area contributed by atoms with Gasteiger partial charge in [-0.15, -0.1) is 0 Å². The molecule has 1 unspecified atom stereocenters. The molecule has 3 aliphatic heterocycles. The van der Waals surface area contributed by atoms with Gasteiger partial charge in [0.15, 0.2) is 0 Å². The first kappa shape index (κ1) is 16.1. The van der Waals surface area contributed by atoms with Crippen molar-refractivity contribution in [3.8, 4) is 0 Å². The zero-order chi connectivity index (χ0) is 16.6. The van der Waals surface area contributed by atoms with E-state index in [0.29, 0.717) is 6.04 Å². The molecule has 0 N–H and O–H groups in total. The minimum absolute atomic E-state index is 0.0251. The molecule has 0 radical (unpaired) electrons. The molecule has 4 heteroatoms. The number of hydrogen-bond donors (Lipinski definition) is 0. The van der Waals surface area contributed by atoms with Crippen molar-refractivity contribution in [3.63, 3.8) is 0 Å². The Bertz CT molecular complexity index is 584. The molecule has 0 saturated carbocycles. The first-order valence-electron chi connectivity index (χ1n) is 9.39. The number of likely N-dealkylation sites (tertiary alicyclic amines) is 2. The van der Waals surface area contributed by atoms with E-state index in [1.807, 2.05) is 36.1 Å². The number of carbonyl (C=O) groups excluding carboxylic acids is 1. The average molecular weight is 328 g/mol. The van der Waals surface area contributed by atoms with Crippen LogP contribution in [0.25, 0.3) is 0 Å². The quantitative estimate of drug-likeness (QED) is 0.837. The minimum Gasteiger partial charge on any atom is -0.373 e. The molecule has 1 spiro atoms. The van der Waals surface area contributed by atoms with Gasteiger partial charge in [-0.2, -0.15) is 0 Å². The van der Waals surface area contributed by atoms with E-state index in [-0.39, 0.29) is 11.5 Å². The normalized spacial score (nSPS) is 27.0. The van der Waals surface area contributed by atoms with Gasteiger partial charge in [-0.25, -0.2) is 0 Å². The van der Waals surface area contributed by atoms with E-state index in [2.05, 4.69) is 4.90 Å². The predicted octanol–water partition coefficient (Wildman–Crippen LogP) is 2.85. The van der Waals surface area contributed by atoms with Crippen LogP contribution >= 0.6 is 0 Å². The number of ether oxygens (including phenoxy) is 1. The van der Waals surface area contributed by atoms with E-state index in [9.17, 15) is 4.79 Å². The van der Waals surface area contributed by atoms with Gasteiger partial charge in [-0.05, 0) is 64.3 Å². The Balaban J connectivity index is 1.35. The molecule has 0 bridgehead atoms. The largest absolute Gasteiger partial charge is 0.373 e. The Morgan fingerprint density at radius 2 is 1.75 bits per heavy atom. The third-order valence-electron chi connectivity index (χ3n) is 6.11. The lowest BCUT2D eigenvalue weighted by Gasteiger charge is -2.39. The van der Waals surface area contributed by atoms with Crippen molar-refractivity contribution in [3.05, 3.63) is 35.4 Å². The molecule has 3 saturated heterocycles. The van der Waals surface area contributed by atoms with Gasteiger partial charge in [-0.3, -0.25) is 9.69 Å². The summed E-state index contributed by atoms with van der Waals surface area (Å²) in [6.45, 7) is 7.04. The van der Waals surface area contributed by atoms with Gasteiger partial charge < -0.3 is 9.64 Å². The zero-order valence-corrected chi connectivity index (χ0v) is 14.7. The highest BCUT2D eigenvalue weighted by Gasteiger charge is 2.45. The lowest BCUT2D eigenvalue weighted by molar-refractivity contribution is -0.0393. The Kier molecular flexibility index (Phi) is 4.35. The van der Waals surface area contributed by atoms with Crippen LogP contribution in [-0.2, 0) is 4.74 Å². The highest BCUT2D eigenvalue weighted by Crippen LogP contribution is 2.38. The second kappa shape index (κ2) is 6.49. The van der Waals surface area contributed by atoms with Crippen LogP contribution in [0.5, 0.6) is 0 Å². The van der Waals surface area contributed by atoms with Crippen LogP contribution in [0.15, 0.2) is 24.3 Å². The maximum Gasteiger partial charge on any atom is 0.253 e. The maximum absolute atomic E-state index is 12.7. The van der Waals surface area contributed by atoms with E-state index in [0.717, 1.165) is 44.5 Å². The Morgan fingerprint density at radius 1 is 1.08 bits per heavy atom. The Labute approximate surface area is 144 Å². The van der Waals surface area contributed by atoms with Crippen LogP contribution in [0.2, 0.25) is 0 Å². The van der Waals surface area contributed by atoms with E-state index >= 15 is 0 Å². The molecule has 4 nitrogen and oxygen atoms in total. The van der Waals surface area contributed by atoms with Crippen LogP contribution in [0.3, 0.4) is 0 Å². The zero-order valence-electron chi connectivity index (χ0n) is 14.7. The predicted molar refractivity (Wildman–Crippen MR) is 94.2 cm³/mol. The van der Waals surface area contributed by atoms with Gasteiger partial charge in [0.25, 0.3) is 5.91 Å². The Morgan fingerprint density at radius 3 is 2.42 bits per heavy atom. The van der Waals surface area contributed by atoms with Gasteiger partial charge in [0.05, 0.1) is 12.2 Å². The maximum atomic E-state index is 12.7. The summed E-state index contributed by atoms with van der Waals surface area (Å²) in [5, 5.41) is 0. The number of aryl methyl sites for hydroxylation is 1. The van der Waals surface area contributed by atoms with E-state index in [1.165, 1.54) is 31.5 Å². The molecular formula is C20H28N2O2. The number of piperidine rings is 1. The fourth-order valence-electron chi connectivity index (χ4n) is 4.51. The van der Waals surface area contributed by atoms with Crippen molar-refractivity contribution < 1.29 is 9.53 Å². The van der Waals surface area contributed by atoms with Crippen molar-refractivity contribution in [1.82, 2.24) is 9.80 Å². The second-order valence-electron chi connectivity index (χ2n) is 7.75. The topological polar surface area (TPSA) is 32.8 Å². The van der Waals surface area contributed by atoms with Gasteiger partial charge in [0.2, 0.25) is 0 Å². The van der Waals surface area contributed by atoms with E-state index < -0.39 is 0 Å². The number of amides is 1. The van der Waals surface area contributed by atoms with Crippen LogP contribution in [-0.4, -0.2) is 60.1 Å². The van der Waals surface area contributed by atoms with Gasteiger partial charge in [-0.1, -0.05) is 17.7 Å². The highest BCUT2D eigenvalue weighted by atomic mass is 16.5. The lowest BCUT2D eigenvalue weighted by atomic mass is 9.87. The fraction of sp³-hybridized carbons (Fsp3) is 0.650. The summed E-state index contributed by atoms with van der Waals surface area (Å²) in [6.07, 6.45) is 5.79. The molecule has 0 aromatic heterocycles. The minimum atomic E-state index is 0.0251. The molecule has 0 aliphatic carbocycles. The first-order chi connectivity index (χ1) is 11.7. The molecule has 1 aromatic rings. The second-order valence-corrected chi connectivity index (χ2v) is 7.75.